The van der Waals surface area contributed by atoms with E-state index in [9.17, 15) is 18.0 Å². The molecule has 1 atom stereocenters. The average molecular weight is 673 g/mol. The third-order valence-electron chi connectivity index (χ3n) is 6.30. The highest BCUT2D eigenvalue weighted by molar-refractivity contribution is 7.92. The lowest BCUT2D eigenvalue weighted by atomic mass is 10.1. The summed E-state index contributed by atoms with van der Waals surface area (Å²) in [5.74, 6) is -1.04. The van der Waals surface area contributed by atoms with Gasteiger partial charge in [0.2, 0.25) is 11.8 Å². The van der Waals surface area contributed by atoms with Gasteiger partial charge in [0.1, 0.15) is 12.6 Å². The Morgan fingerprint density at radius 1 is 0.881 bits per heavy atom. The molecule has 0 bridgehead atoms. The Balaban J connectivity index is 2.14. The molecule has 42 heavy (non-hydrogen) atoms. The molecule has 226 valence electrons. The van der Waals surface area contributed by atoms with Gasteiger partial charge >= 0.3 is 0 Å². The normalized spacial score (nSPS) is 12.5. The average Bonchev–Trinajstić information content (AvgIpc) is 2.89. The van der Waals surface area contributed by atoms with E-state index in [-0.39, 0.29) is 33.6 Å². The summed E-state index contributed by atoms with van der Waals surface area (Å²) in [6.07, 6.45) is 0.251. The SMILES string of the molecule is CC[C@H](C(=O)NC(C)(C)C)N(Cc1ccc(Cl)cc1Cl)C(=O)CN(c1cc(Cl)ccc1Cl)S(=O)(=O)c1ccc(C)cc1. The predicted octanol–water partition coefficient (Wildman–Crippen LogP) is 7.53. The first kappa shape index (κ1) is 34.0. The molecule has 0 aliphatic carbocycles. The monoisotopic (exact) mass is 671 g/mol. The second-order valence-corrected chi connectivity index (χ2v) is 14.4. The van der Waals surface area contributed by atoms with E-state index in [1.54, 1.807) is 31.2 Å². The highest BCUT2D eigenvalue weighted by Gasteiger charge is 2.35. The van der Waals surface area contributed by atoms with Crippen LogP contribution in [0.2, 0.25) is 20.1 Å². The summed E-state index contributed by atoms with van der Waals surface area (Å²) in [7, 11) is -4.31. The minimum atomic E-state index is -4.31. The van der Waals surface area contributed by atoms with Crippen molar-refractivity contribution in [3.05, 3.63) is 91.9 Å². The quantitative estimate of drug-likeness (QED) is 0.241. The fourth-order valence-electron chi connectivity index (χ4n) is 4.23. The van der Waals surface area contributed by atoms with Crippen molar-refractivity contribution in [3.8, 4) is 0 Å². The molecule has 7 nitrogen and oxygen atoms in total. The molecule has 0 aromatic heterocycles. The molecule has 3 rings (SSSR count). The first-order valence-corrected chi connectivity index (χ1v) is 16.1. The highest BCUT2D eigenvalue weighted by atomic mass is 35.5. The molecule has 0 saturated heterocycles. The van der Waals surface area contributed by atoms with Crippen LogP contribution in [0.3, 0.4) is 0 Å². The van der Waals surface area contributed by atoms with Gasteiger partial charge in [-0.3, -0.25) is 13.9 Å². The number of hydrogen-bond donors (Lipinski definition) is 1. The molecule has 2 amide bonds. The molecule has 0 saturated carbocycles. The number of amides is 2. The van der Waals surface area contributed by atoms with Gasteiger partial charge < -0.3 is 10.2 Å². The van der Waals surface area contributed by atoms with Crippen molar-refractivity contribution in [2.24, 2.45) is 0 Å². The van der Waals surface area contributed by atoms with Gasteiger partial charge in [0, 0.05) is 27.2 Å². The van der Waals surface area contributed by atoms with Gasteiger partial charge in [-0.2, -0.15) is 0 Å². The zero-order valence-corrected chi connectivity index (χ0v) is 27.8. The highest BCUT2D eigenvalue weighted by Crippen LogP contribution is 2.34. The van der Waals surface area contributed by atoms with E-state index in [2.05, 4.69) is 5.32 Å². The fourth-order valence-corrected chi connectivity index (χ4v) is 6.56. The van der Waals surface area contributed by atoms with Crippen LogP contribution in [0.4, 0.5) is 5.69 Å². The van der Waals surface area contributed by atoms with Gasteiger partial charge in [0.15, 0.2) is 0 Å². The second kappa shape index (κ2) is 13.9. The molecule has 0 radical (unpaired) electrons. The molecular formula is C30H33Cl4N3O4S. The van der Waals surface area contributed by atoms with Crippen LogP contribution in [-0.4, -0.2) is 43.3 Å². The van der Waals surface area contributed by atoms with Crippen LogP contribution in [0.25, 0.3) is 0 Å². The number of carbonyl (C=O) groups is 2. The van der Waals surface area contributed by atoms with E-state index in [0.717, 1.165) is 9.87 Å². The van der Waals surface area contributed by atoms with Crippen LogP contribution in [0.1, 0.15) is 45.2 Å². The van der Waals surface area contributed by atoms with Gasteiger partial charge in [0.05, 0.1) is 15.6 Å². The van der Waals surface area contributed by atoms with Crippen molar-refractivity contribution >= 4 is 73.9 Å². The number of benzene rings is 3. The van der Waals surface area contributed by atoms with Gasteiger partial charge in [-0.25, -0.2) is 8.42 Å². The maximum absolute atomic E-state index is 14.2. The molecule has 0 aliphatic heterocycles. The first-order valence-electron chi connectivity index (χ1n) is 13.1. The number of halogens is 4. The number of sulfonamides is 1. The fraction of sp³-hybridized carbons (Fsp3) is 0.333. The maximum Gasteiger partial charge on any atom is 0.264 e. The summed E-state index contributed by atoms with van der Waals surface area (Å²) in [5, 5.41) is 3.93. The Morgan fingerprint density at radius 2 is 1.48 bits per heavy atom. The largest absolute Gasteiger partial charge is 0.350 e. The Morgan fingerprint density at radius 3 is 2.05 bits per heavy atom. The van der Waals surface area contributed by atoms with Gasteiger partial charge in [-0.15, -0.1) is 0 Å². The Kier molecular flexibility index (Phi) is 11.2. The number of hydrogen-bond acceptors (Lipinski definition) is 4. The summed E-state index contributed by atoms with van der Waals surface area (Å²) in [6, 6.07) is 14.5. The standard InChI is InChI=1S/C30H33Cl4N3O4S/c1-6-26(29(39)35-30(3,4)5)36(17-20-9-10-21(31)15-25(20)34)28(38)18-37(27-16-22(32)11-14-24(27)33)42(40,41)23-12-7-19(2)8-13-23/h7-16,26H,6,17-18H2,1-5H3,(H,35,39)/t26-/m1/s1. The van der Waals surface area contributed by atoms with Crippen molar-refractivity contribution in [2.75, 3.05) is 10.8 Å². The molecule has 0 aliphatic rings. The van der Waals surface area contributed by atoms with Crippen LogP contribution < -0.4 is 9.62 Å². The van der Waals surface area contributed by atoms with E-state index in [1.165, 1.54) is 41.3 Å². The summed E-state index contributed by atoms with van der Waals surface area (Å²) >= 11 is 25.2. The zero-order valence-electron chi connectivity index (χ0n) is 23.9. The number of anilines is 1. The predicted molar refractivity (Wildman–Crippen MR) is 171 cm³/mol. The maximum atomic E-state index is 14.2. The van der Waals surface area contributed by atoms with Crippen LogP contribution in [-0.2, 0) is 26.2 Å². The molecule has 3 aromatic rings. The van der Waals surface area contributed by atoms with Crippen molar-refractivity contribution in [3.63, 3.8) is 0 Å². The number of aryl methyl sites for hydroxylation is 1. The lowest BCUT2D eigenvalue weighted by Gasteiger charge is -2.35. The molecule has 0 heterocycles. The van der Waals surface area contributed by atoms with E-state index in [0.29, 0.717) is 15.6 Å². The lowest BCUT2D eigenvalue weighted by molar-refractivity contribution is -0.141. The molecule has 3 aromatic carbocycles. The van der Waals surface area contributed by atoms with E-state index in [4.69, 9.17) is 46.4 Å². The Labute approximate surface area is 267 Å². The van der Waals surface area contributed by atoms with Crippen molar-refractivity contribution in [1.29, 1.82) is 0 Å². The Bertz CT molecular complexity index is 1560. The molecule has 12 heteroatoms. The summed E-state index contributed by atoms with van der Waals surface area (Å²) in [5.41, 5.74) is 0.839. The minimum Gasteiger partial charge on any atom is -0.350 e. The first-order chi connectivity index (χ1) is 19.5. The van der Waals surface area contributed by atoms with Gasteiger partial charge in [-0.05, 0) is 82.1 Å². The van der Waals surface area contributed by atoms with Crippen molar-refractivity contribution in [1.82, 2.24) is 10.2 Å². The number of rotatable bonds is 10. The van der Waals surface area contributed by atoms with Crippen molar-refractivity contribution < 1.29 is 18.0 Å². The number of carbonyl (C=O) groups excluding carboxylic acids is 2. The van der Waals surface area contributed by atoms with E-state index >= 15 is 0 Å². The molecule has 0 unspecified atom stereocenters. The molecule has 0 spiro atoms. The lowest BCUT2D eigenvalue weighted by Crippen LogP contribution is -2.55. The second-order valence-electron chi connectivity index (χ2n) is 10.8. The summed E-state index contributed by atoms with van der Waals surface area (Å²) in [4.78, 5) is 28.9. The minimum absolute atomic E-state index is 0.0229. The van der Waals surface area contributed by atoms with Crippen molar-refractivity contribution in [2.45, 2.75) is 64.1 Å². The van der Waals surface area contributed by atoms with E-state index in [1.807, 2.05) is 27.7 Å². The zero-order chi connectivity index (χ0) is 31.4. The topological polar surface area (TPSA) is 86.8 Å². The van der Waals surface area contributed by atoms with Gasteiger partial charge in [-0.1, -0.05) is 77.1 Å². The van der Waals surface area contributed by atoms with Crippen LogP contribution in [0.5, 0.6) is 0 Å². The van der Waals surface area contributed by atoms with E-state index < -0.39 is 40.0 Å². The van der Waals surface area contributed by atoms with Crippen LogP contribution in [0, 0.1) is 6.92 Å². The van der Waals surface area contributed by atoms with Crippen LogP contribution in [0.15, 0.2) is 65.6 Å². The molecule has 1 N–H and O–H groups in total. The third kappa shape index (κ3) is 8.54. The summed E-state index contributed by atoms with van der Waals surface area (Å²) < 4.78 is 28.9. The third-order valence-corrected chi connectivity index (χ3v) is 9.22. The smallest absolute Gasteiger partial charge is 0.264 e. The van der Waals surface area contributed by atoms with Crippen LogP contribution >= 0.6 is 46.4 Å². The number of nitrogens with one attached hydrogen (secondary N) is 1. The number of nitrogens with zero attached hydrogens (tertiary/aromatic N) is 2. The molecule has 0 fully saturated rings. The Hall–Kier alpha value is -2.49. The summed E-state index contributed by atoms with van der Waals surface area (Å²) in [6.45, 7) is 8.35. The van der Waals surface area contributed by atoms with Gasteiger partial charge in [0.25, 0.3) is 10.0 Å². The molecular weight excluding hydrogens is 640 g/mol.